The number of nitrogen functional groups attached to an aromatic ring is 1. The lowest BCUT2D eigenvalue weighted by atomic mass is 10.0. The van der Waals surface area contributed by atoms with Gasteiger partial charge in [-0.05, 0) is 110 Å². The van der Waals surface area contributed by atoms with E-state index in [-0.39, 0.29) is 0 Å². The van der Waals surface area contributed by atoms with Gasteiger partial charge in [0.25, 0.3) is 0 Å². The fraction of sp³-hybridized carbons (Fsp3) is 0.375. The molecule has 4 aromatic heterocycles. The van der Waals surface area contributed by atoms with Crippen molar-refractivity contribution >= 4 is 49.9 Å². The molecular weight excluding hydrogens is 468 g/mol. The second-order valence-corrected chi connectivity index (χ2v) is 10.5. The smallest absolute Gasteiger partial charge is 0.104 e. The summed E-state index contributed by atoms with van der Waals surface area (Å²) in [7, 11) is 0. The van der Waals surface area contributed by atoms with Crippen LogP contribution in [-0.4, -0.2) is 19.9 Å². The van der Waals surface area contributed by atoms with E-state index < -0.39 is 0 Å². The number of aryl methyl sites for hydroxylation is 6. The minimum atomic E-state index is 0.450. The van der Waals surface area contributed by atoms with Crippen molar-refractivity contribution in [3.8, 4) is 0 Å². The molecule has 6 N–H and O–H groups in total. The lowest BCUT2D eigenvalue weighted by molar-refractivity contribution is 1.13. The Kier molecular flexibility index (Phi) is 6.46. The zero-order chi connectivity index (χ0) is 27.5. The highest BCUT2D eigenvalue weighted by Crippen LogP contribution is 2.34. The lowest BCUT2D eigenvalue weighted by Crippen LogP contribution is -2.07. The largest absolute Gasteiger partial charge is 0.395 e. The molecule has 0 fully saturated rings. The van der Waals surface area contributed by atoms with E-state index in [1.54, 1.807) is 0 Å². The first-order valence-corrected chi connectivity index (χ1v) is 13.9. The highest BCUT2D eigenvalue weighted by atomic mass is 14.8. The van der Waals surface area contributed by atoms with Crippen molar-refractivity contribution in [1.82, 2.24) is 19.9 Å². The Bertz CT molecular complexity index is 1820. The Morgan fingerprint density at radius 2 is 1.13 bits per heavy atom. The van der Waals surface area contributed by atoms with Gasteiger partial charge >= 0.3 is 0 Å². The summed E-state index contributed by atoms with van der Waals surface area (Å²) in [6.45, 7) is 17.2. The topological polar surface area (TPSA) is 110 Å². The van der Waals surface area contributed by atoms with Crippen LogP contribution in [0.5, 0.6) is 0 Å². The summed E-state index contributed by atoms with van der Waals surface area (Å²) in [6.07, 6.45) is 3.51. The van der Waals surface area contributed by atoms with Crippen LogP contribution in [0.1, 0.15) is 85.8 Å². The molecule has 0 amide bonds. The number of nitrogens with two attached hydrogens (primary N) is 1. The summed E-state index contributed by atoms with van der Waals surface area (Å²) in [6, 6.07) is 4.35. The van der Waals surface area contributed by atoms with Crippen molar-refractivity contribution in [2.45, 2.75) is 81.1 Å². The number of rotatable bonds is 4. The van der Waals surface area contributed by atoms with Gasteiger partial charge < -0.3 is 20.7 Å². The molecule has 0 saturated heterocycles. The predicted molar refractivity (Wildman–Crippen MR) is 162 cm³/mol. The molecule has 6 nitrogen and oxygen atoms in total. The number of nitrogens with zero attached hydrogens (tertiary/aromatic N) is 1. The van der Waals surface area contributed by atoms with E-state index in [0.717, 1.165) is 87.0 Å². The van der Waals surface area contributed by atoms with Gasteiger partial charge in [-0.25, -0.2) is 4.98 Å². The molecule has 0 spiro atoms. The molecule has 5 rings (SSSR count). The number of aromatic amines is 3. The van der Waals surface area contributed by atoms with Gasteiger partial charge in [-0.3, -0.25) is 5.41 Å². The van der Waals surface area contributed by atoms with Crippen LogP contribution in [0.3, 0.4) is 0 Å². The van der Waals surface area contributed by atoms with E-state index >= 15 is 0 Å². The van der Waals surface area contributed by atoms with E-state index in [2.05, 4.69) is 82.5 Å². The van der Waals surface area contributed by atoms with Gasteiger partial charge in [0, 0.05) is 16.6 Å². The third-order valence-corrected chi connectivity index (χ3v) is 8.60. The number of fused-ring (bicyclic) bond motifs is 8. The van der Waals surface area contributed by atoms with Crippen LogP contribution in [0.15, 0.2) is 12.1 Å². The molecule has 1 aliphatic rings. The molecule has 198 valence electrons. The maximum atomic E-state index is 9.26. The number of hydrogen-bond acceptors (Lipinski definition) is 3. The van der Waals surface area contributed by atoms with Crippen molar-refractivity contribution in [3.63, 3.8) is 0 Å². The maximum Gasteiger partial charge on any atom is 0.104 e. The van der Waals surface area contributed by atoms with Crippen LogP contribution < -0.4 is 11.1 Å². The van der Waals surface area contributed by atoms with Crippen molar-refractivity contribution in [1.29, 1.82) is 5.41 Å². The fourth-order valence-corrected chi connectivity index (χ4v) is 6.44. The summed E-state index contributed by atoms with van der Waals surface area (Å²) in [5.41, 5.74) is 24.7. The third-order valence-electron chi connectivity index (χ3n) is 8.60. The predicted octanol–water partition coefficient (Wildman–Crippen LogP) is 7.54. The average molecular weight is 509 g/mol. The molecule has 6 heteroatoms. The number of H-pyrrole nitrogens is 3. The first-order chi connectivity index (χ1) is 18.2. The molecule has 0 aromatic carbocycles. The Balaban J connectivity index is 2.11. The standard InChI is InChI=1S/C32H40N6/c1-9-19-15(5)29-27(33)30-17(7)21(11-3)25(37-30)14-26-22(12-4)18(8)32(38-26)28(34)31-16(6)20(10-2)24(36-31)13-23(19)35-29/h13-14,33,35-36,38H,9-12,34H2,1-8H3. The van der Waals surface area contributed by atoms with Crippen LogP contribution in [0.2, 0.25) is 0 Å². The molecule has 5 heterocycles. The number of nitrogens with one attached hydrogen (secondary N) is 4. The first-order valence-electron chi connectivity index (χ1n) is 13.9. The van der Waals surface area contributed by atoms with E-state index in [1.165, 1.54) is 33.4 Å². The monoisotopic (exact) mass is 508 g/mol. The van der Waals surface area contributed by atoms with Crippen LogP contribution in [0.25, 0.3) is 44.2 Å². The number of anilines is 1. The number of aromatic nitrogens is 4. The molecule has 0 aliphatic carbocycles. The lowest BCUT2D eigenvalue weighted by Gasteiger charge is -2.00. The Morgan fingerprint density at radius 3 is 1.61 bits per heavy atom. The number of allylic oxidation sites excluding steroid dienone is 2. The maximum absolute atomic E-state index is 9.26. The Hall–Kier alpha value is -3.80. The van der Waals surface area contributed by atoms with Gasteiger partial charge in [0.15, 0.2) is 0 Å². The molecule has 0 saturated carbocycles. The minimum Gasteiger partial charge on any atom is -0.395 e. The third kappa shape index (κ3) is 3.69. The fourth-order valence-electron chi connectivity index (χ4n) is 6.44. The van der Waals surface area contributed by atoms with Crippen LogP contribution in [0.4, 0.5) is 5.69 Å². The summed E-state index contributed by atoms with van der Waals surface area (Å²) in [5, 5.41) is 9.71. The van der Waals surface area contributed by atoms with Gasteiger partial charge in [0.05, 0.1) is 33.6 Å². The van der Waals surface area contributed by atoms with E-state index in [1.807, 2.05) is 0 Å². The first kappa shape index (κ1) is 25.8. The zero-order valence-corrected chi connectivity index (χ0v) is 24.0. The van der Waals surface area contributed by atoms with Gasteiger partial charge in [0.2, 0.25) is 0 Å². The van der Waals surface area contributed by atoms with E-state index in [4.69, 9.17) is 10.7 Å². The van der Waals surface area contributed by atoms with Crippen molar-refractivity contribution in [2.75, 3.05) is 5.73 Å². The molecule has 0 radical (unpaired) electrons. The molecule has 1 aliphatic heterocycles. The summed E-state index contributed by atoms with van der Waals surface area (Å²) < 4.78 is 0. The van der Waals surface area contributed by atoms with E-state index in [9.17, 15) is 5.41 Å². The van der Waals surface area contributed by atoms with Gasteiger partial charge in [0.1, 0.15) is 5.36 Å². The van der Waals surface area contributed by atoms with Crippen molar-refractivity contribution in [3.05, 3.63) is 62.3 Å². The summed E-state index contributed by atoms with van der Waals surface area (Å²) in [4.78, 5) is 16.0. The second-order valence-electron chi connectivity index (χ2n) is 10.5. The highest BCUT2D eigenvalue weighted by molar-refractivity contribution is 5.95. The Morgan fingerprint density at radius 1 is 0.684 bits per heavy atom. The molecule has 4 aromatic rings. The molecular formula is C32H40N6. The van der Waals surface area contributed by atoms with Gasteiger partial charge in [-0.1, -0.05) is 27.7 Å². The van der Waals surface area contributed by atoms with Gasteiger partial charge in [-0.2, -0.15) is 0 Å². The summed E-state index contributed by atoms with van der Waals surface area (Å²) in [5.74, 6) is 0. The van der Waals surface area contributed by atoms with Crippen LogP contribution in [0, 0.1) is 26.2 Å². The average Bonchev–Trinajstić information content (AvgIpc) is 3.59. The summed E-state index contributed by atoms with van der Waals surface area (Å²) >= 11 is 0. The van der Waals surface area contributed by atoms with E-state index in [0.29, 0.717) is 5.36 Å². The quantitative estimate of drug-likeness (QED) is 0.196. The van der Waals surface area contributed by atoms with Crippen LogP contribution >= 0.6 is 0 Å². The van der Waals surface area contributed by atoms with Crippen molar-refractivity contribution in [2.24, 2.45) is 0 Å². The highest BCUT2D eigenvalue weighted by Gasteiger charge is 2.20. The molecule has 8 bridgehead atoms. The number of hydrogen-bond donors (Lipinski definition) is 5. The second kappa shape index (κ2) is 9.50. The molecule has 38 heavy (non-hydrogen) atoms. The normalized spacial score (nSPS) is 12.7. The Labute approximate surface area is 224 Å². The zero-order valence-electron chi connectivity index (χ0n) is 24.0. The SMILES string of the molecule is CCC1=C(C)c2nc1cc1[nH]c(c(C)c1CC)c(N)c1[nH]c(cc3[nH]c(c(C)c3CC)c2=N)c(CC)c1C. The van der Waals surface area contributed by atoms with Gasteiger partial charge in [-0.15, -0.1) is 0 Å². The molecule has 0 unspecified atom stereocenters. The molecule has 0 atom stereocenters. The van der Waals surface area contributed by atoms with Crippen LogP contribution in [-0.2, 0) is 19.3 Å². The van der Waals surface area contributed by atoms with Crippen molar-refractivity contribution < 1.29 is 0 Å². The minimum absolute atomic E-state index is 0.450.